The average molecular weight is 290 g/mol. The second-order valence-corrected chi connectivity index (χ2v) is 6.26. The van der Waals surface area contributed by atoms with Crippen LogP contribution in [0.3, 0.4) is 0 Å². The fourth-order valence-electron chi connectivity index (χ4n) is 3.28. The molecule has 3 rings (SSSR count). The minimum Gasteiger partial charge on any atom is -0.381 e. The number of likely N-dealkylation sites (tertiary alicyclic amines) is 1. The molecular weight excluding hydrogens is 264 g/mol. The molecule has 1 unspecified atom stereocenters. The van der Waals surface area contributed by atoms with Gasteiger partial charge in [-0.05, 0) is 45.2 Å². The van der Waals surface area contributed by atoms with Crippen molar-refractivity contribution in [3.05, 3.63) is 18.1 Å². The minimum absolute atomic E-state index is 0.427. The predicted molar refractivity (Wildman–Crippen MR) is 83.3 cm³/mol. The van der Waals surface area contributed by atoms with E-state index in [1.54, 1.807) is 0 Å². The highest BCUT2D eigenvalue weighted by atomic mass is 16.5. The number of anilines is 1. The fourth-order valence-corrected chi connectivity index (χ4v) is 3.28. The first kappa shape index (κ1) is 14.7. The van der Waals surface area contributed by atoms with Crippen LogP contribution < -0.4 is 5.32 Å². The summed E-state index contributed by atoms with van der Waals surface area (Å²) in [5, 5.41) is 3.46. The summed E-state index contributed by atoms with van der Waals surface area (Å²) in [4.78, 5) is 11.6. The van der Waals surface area contributed by atoms with Crippen molar-refractivity contribution in [2.24, 2.45) is 5.92 Å². The molecule has 116 valence electrons. The van der Waals surface area contributed by atoms with Gasteiger partial charge in [-0.2, -0.15) is 0 Å². The monoisotopic (exact) mass is 290 g/mol. The lowest BCUT2D eigenvalue weighted by molar-refractivity contribution is 0.0699. The van der Waals surface area contributed by atoms with E-state index in [0.717, 1.165) is 50.7 Å². The van der Waals surface area contributed by atoms with Gasteiger partial charge in [0.05, 0.1) is 24.1 Å². The third-order valence-corrected chi connectivity index (χ3v) is 4.68. The van der Waals surface area contributed by atoms with Crippen molar-refractivity contribution in [1.82, 2.24) is 14.9 Å². The van der Waals surface area contributed by atoms with E-state index in [-0.39, 0.29) is 0 Å². The lowest BCUT2D eigenvalue weighted by Crippen LogP contribution is -2.30. The number of nitrogens with one attached hydrogen (secondary N) is 1. The number of nitrogens with zero attached hydrogens (tertiary/aromatic N) is 3. The summed E-state index contributed by atoms with van der Waals surface area (Å²) in [6.45, 7) is 3.92. The predicted octanol–water partition coefficient (Wildman–Crippen LogP) is 2.47. The van der Waals surface area contributed by atoms with Crippen molar-refractivity contribution in [3.63, 3.8) is 0 Å². The van der Waals surface area contributed by atoms with E-state index in [1.165, 1.54) is 19.3 Å². The summed E-state index contributed by atoms with van der Waals surface area (Å²) in [5.74, 6) is 1.61. The van der Waals surface area contributed by atoms with Gasteiger partial charge < -0.3 is 10.1 Å². The first-order valence-corrected chi connectivity index (χ1v) is 8.17. The second kappa shape index (κ2) is 7.18. The Balaban J connectivity index is 1.59. The van der Waals surface area contributed by atoms with E-state index in [0.29, 0.717) is 12.0 Å². The van der Waals surface area contributed by atoms with Crippen molar-refractivity contribution in [3.8, 4) is 0 Å². The molecule has 0 amide bonds. The zero-order chi connectivity index (χ0) is 14.5. The van der Waals surface area contributed by atoms with Crippen molar-refractivity contribution < 1.29 is 4.74 Å². The maximum Gasteiger partial charge on any atom is 0.144 e. The molecule has 5 nitrogen and oxygen atoms in total. The molecule has 2 saturated heterocycles. The van der Waals surface area contributed by atoms with E-state index in [9.17, 15) is 0 Å². The van der Waals surface area contributed by atoms with E-state index >= 15 is 0 Å². The first-order valence-electron chi connectivity index (χ1n) is 8.17. The smallest absolute Gasteiger partial charge is 0.144 e. The van der Waals surface area contributed by atoms with E-state index in [1.807, 2.05) is 12.4 Å². The van der Waals surface area contributed by atoms with E-state index < -0.39 is 0 Å². The van der Waals surface area contributed by atoms with Crippen LogP contribution in [0.1, 0.15) is 43.8 Å². The standard InChI is InChI=1S/C16H26N4O/c1-20-7-3-2-4-15(20)14-11-17-12-16(19-14)18-10-13-5-8-21-9-6-13/h11-13,15H,2-10H2,1H3,(H,18,19). The lowest BCUT2D eigenvalue weighted by Gasteiger charge is -2.31. The molecule has 1 aromatic rings. The van der Waals surface area contributed by atoms with Crippen LogP contribution in [0.4, 0.5) is 5.82 Å². The second-order valence-electron chi connectivity index (χ2n) is 6.26. The largest absolute Gasteiger partial charge is 0.381 e. The molecule has 1 atom stereocenters. The summed E-state index contributed by atoms with van der Waals surface area (Å²) >= 11 is 0. The number of ether oxygens (including phenoxy) is 1. The van der Waals surface area contributed by atoms with Crippen LogP contribution in [0.2, 0.25) is 0 Å². The van der Waals surface area contributed by atoms with Crippen molar-refractivity contribution in [2.45, 2.75) is 38.1 Å². The topological polar surface area (TPSA) is 50.3 Å². The highest BCUT2D eigenvalue weighted by molar-refractivity contribution is 5.32. The Morgan fingerprint density at radius 2 is 2.10 bits per heavy atom. The SMILES string of the molecule is CN1CCCCC1c1cncc(NCC2CCOCC2)n1. The molecule has 2 aliphatic heterocycles. The van der Waals surface area contributed by atoms with E-state index in [4.69, 9.17) is 9.72 Å². The summed E-state index contributed by atoms with van der Waals surface area (Å²) in [5.41, 5.74) is 1.11. The molecule has 1 N–H and O–H groups in total. The summed E-state index contributed by atoms with van der Waals surface area (Å²) in [7, 11) is 2.19. The molecular formula is C16H26N4O. The van der Waals surface area contributed by atoms with Crippen molar-refractivity contribution in [2.75, 3.05) is 38.7 Å². The molecule has 0 aromatic carbocycles. The Labute approximate surface area is 127 Å². The fraction of sp³-hybridized carbons (Fsp3) is 0.750. The highest BCUT2D eigenvalue weighted by Crippen LogP contribution is 2.28. The number of piperidine rings is 1. The molecule has 0 radical (unpaired) electrons. The van der Waals surface area contributed by atoms with Gasteiger partial charge in [-0.15, -0.1) is 0 Å². The molecule has 0 aliphatic carbocycles. The summed E-state index contributed by atoms with van der Waals surface area (Å²) in [6, 6.07) is 0.427. The van der Waals surface area contributed by atoms with Gasteiger partial charge in [0.25, 0.3) is 0 Å². The van der Waals surface area contributed by atoms with Gasteiger partial charge in [0, 0.05) is 19.8 Å². The van der Waals surface area contributed by atoms with Gasteiger partial charge in [0.15, 0.2) is 0 Å². The zero-order valence-electron chi connectivity index (χ0n) is 12.9. The van der Waals surface area contributed by atoms with Gasteiger partial charge in [-0.3, -0.25) is 9.88 Å². The molecule has 0 saturated carbocycles. The van der Waals surface area contributed by atoms with Crippen LogP contribution in [-0.4, -0.2) is 48.2 Å². The molecule has 2 fully saturated rings. The van der Waals surface area contributed by atoms with Crippen molar-refractivity contribution in [1.29, 1.82) is 0 Å². The maximum atomic E-state index is 5.40. The van der Waals surface area contributed by atoms with Crippen LogP contribution in [0.25, 0.3) is 0 Å². The van der Waals surface area contributed by atoms with Gasteiger partial charge in [-0.25, -0.2) is 4.98 Å². The number of hydrogen-bond acceptors (Lipinski definition) is 5. The van der Waals surface area contributed by atoms with Gasteiger partial charge >= 0.3 is 0 Å². The number of hydrogen-bond donors (Lipinski definition) is 1. The molecule has 0 bridgehead atoms. The minimum atomic E-state index is 0.427. The Morgan fingerprint density at radius 3 is 2.90 bits per heavy atom. The van der Waals surface area contributed by atoms with Crippen LogP contribution in [-0.2, 0) is 4.74 Å². The van der Waals surface area contributed by atoms with Crippen molar-refractivity contribution >= 4 is 5.82 Å². The quantitative estimate of drug-likeness (QED) is 0.923. The number of rotatable bonds is 4. The molecule has 3 heterocycles. The number of aromatic nitrogens is 2. The molecule has 2 aliphatic rings. The van der Waals surface area contributed by atoms with Crippen LogP contribution in [0.5, 0.6) is 0 Å². The Bertz CT molecular complexity index is 448. The molecule has 21 heavy (non-hydrogen) atoms. The molecule has 5 heteroatoms. The van der Waals surface area contributed by atoms with Crippen LogP contribution in [0.15, 0.2) is 12.4 Å². The first-order chi connectivity index (χ1) is 10.3. The zero-order valence-corrected chi connectivity index (χ0v) is 12.9. The van der Waals surface area contributed by atoms with Crippen LogP contribution in [0, 0.1) is 5.92 Å². The third-order valence-electron chi connectivity index (χ3n) is 4.68. The lowest BCUT2D eigenvalue weighted by atomic mass is 10.00. The maximum absolute atomic E-state index is 5.40. The van der Waals surface area contributed by atoms with Crippen LogP contribution >= 0.6 is 0 Å². The average Bonchev–Trinajstić information content (AvgIpc) is 2.55. The molecule has 0 spiro atoms. The Hall–Kier alpha value is -1.20. The van der Waals surface area contributed by atoms with Gasteiger partial charge in [0.1, 0.15) is 5.82 Å². The third kappa shape index (κ3) is 3.92. The summed E-state index contributed by atoms with van der Waals surface area (Å²) in [6.07, 6.45) is 9.82. The Kier molecular flexibility index (Phi) is 5.04. The van der Waals surface area contributed by atoms with Gasteiger partial charge in [-0.1, -0.05) is 6.42 Å². The van der Waals surface area contributed by atoms with Gasteiger partial charge in [0.2, 0.25) is 0 Å². The Morgan fingerprint density at radius 1 is 1.24 bits per heavy atom. The normalized spacial score (nSPS) is 24.9. The summed E-state index contributed by atoms with van der Waals surface area (Å²) < 4.78 is 5.40. The highest BCUT2D eigenvalue weighted by Gasteiger charge is 2.22. The molecule has 1 aromatic heterocycles. The van der Waals surface area contributed by atoms with E-state index in [2.05, 4.69) is 22.2 Å².